The first-order valence-corrected chi connectivity index (χ1v) is 6.13. The number of carbonyl (C=O) groups excluding carboxylic acids is 2. The topological polar surface area (TPSA) is 114 Å². The van der Waals surface area contributed by atoms with E-state index in [0.717, 1.165) is 0 Å². The molecule has 7 heteroatoms. The van der Waals surface area contributed by atoms with Crippen molar-refractivity contribution in [1.82, 2.24) is 9.78 Å². The van der Waals surface area contributed by atoms with E-state index in [1.165, 1.54) is 11.6 Å². The van der Waals surface area contributed by atoms with Gasteiger partial charge in [-0.05, 0) is 12.1 Å². The number of benzene rings is 1. The van der Waals surface area contributed by atoms with E-state index in [1.807, 2.05) is 6.07 Å². The molecule has 1 amide bonds. The summed E-state index contributed by atoms with van der Waals surface area (Å²) < 4.78 is 1.27. The Bertz CT molecular complexity index is 742. The summed E-state index contributed by atoms with van der Waals surface area (Å²) in [5.74, 6) is -0.0521. The zero-order valence-electron chi connectivity index (χ0n) is 11.3. The number of hydrogen-bond donors (Lipinski definition) is 2. The van der Waals surface area contributed by atoms with Gasteiger partial charge in [0.25, 0.3) is 0 Å². The lowest BCUT2D eigenvalue weighted by atomic mass is 10.1. The first-order valence-electron chi connectivity index (χ1n) is 6.13. The lowest BCUT2D eigenvalue weighted by Crippen LogP contribution is -2.05. The van der Waals surface area contributed by atoms with Gasteiger partial charge in [-0.25, -0.2) is 4.68 Å². The molecule has 0 atom stereocenters. The van der Waals surface area contributed by atoms with E-state index in [1.54, 1.807) is 24.3 Å². The highest BCUT2D eigenvalue weighted by molar-refractivity contribution is 5.93. The van der Waals surface area contributed by atoms with Crippen LogP contribution in [0.25, 0.3) is 11.3 Å². The summed E-state index contributed by atoms with van der Waals surface area (Å²) >= 11 is 0. The Morgan fingerprint density at radius 1 is 1.57 bits per heavy atom. The first kappa shape index (κ1) is 14.3. The van der Waals surface area contributed by atoms with Gasteiger partial charge >= 0.3 is 0 Å². The van der Waals surface area contributed by atoms with Crippen molar-refractivity contribution < 1.29 is 9.59 Å². The number of amides is 1. The molecule has 21 heavy (non-hydrogen) atoms. The second-order valence-electron chi connectivity index (χ2n) is 4.34. The van der Waals surface area contributed by atoms with Gasteiger partial charge in [-0.15, -0.1) is 0 Å². The number of rotatable bonds is 4. The van der Waals surface area contributed by atoms with Crippen LogP contribution in [-0.2, 0) is 11.3 Å². The summed E-state index contributed by atoms with van der Waals surface area (Å²) in [6, 6.07) is 8.81. The van der Waals surface area contributed by atoms with E-state index in [4.69, 9.17) is 11.0 Å². The van der Waals surface area contributed by atoms with Crippen molar-refractivity contribution in [1.29, 1.82) is 5.26 Å². The lowest BCUT2D eigenvalue weighted by molar-refractivity contribution is -0.114. The van der Waals surface area contributed by atoms with Gasteiger partial charge in [-0.2, -0.15) is 10.4 Å². The Morgan fingerprint density at radius 2 is 2.33 bits per heavy atom. The summed E-state index contributed by atoms with van der Waals surface area (Å²) in [6.45, 7) is 1.36. The minimum atomic E-state index is -0.197. The maximum Gasteiger partial charge on any atom is 0.221 e. The van der Waals surface area contributed by atoms with Crippen molar-refractivity contribution in [2.75, 3.05) is 11.1 Å². The number of nitrogens with two attached hydrogens (primary N) is 1. The monoisotopic (exact) mass is 283 g/mol. The number of aromatic nitrogens is 2. The summed E-state index contributed by atoms with van der Waals surface area (Å²) in [6.07, 6.45) is 0.608. The van der Waals surface area contributed by atoms with Crippen LogP contribution < -0.4 is 11.1 Å². The normalized spacial score (nSPS) is 9.90. The molecular formula is C14H13N5O2. The minimum Gasteiger partial charge on any atom is -0.383 e. The number of hydrogen-bond acceptors (Lipinski definition) is 5. The molecule has 0 saturated heterocycles. The van der Waals surface area contributed by atoms with E-state index in [0.29, 0.717) is 23.2 Å². The molecule has 0 radical (unpaired) electrons. The maximum atomic E-state index is 11.2. The molecule has 0 aliphatic heterocycles. The molecule has 1 heterocycles. The lowest BCUT2D eigenvalue weighted by Gasteiger charge is -2.04. The van der Waals surface area contributed by atoms with Crippen LogP contribution in [0.5, 0.6) is 0 Å². The third-order valence-electron chi connectivity index (χ3n) is 2.82. The molecule has 0 bridgehead atoms. The van der Waals surface area contributed by atoms with Gasteiger partial charge in [-0.3, -0.25) is 9.59 Å². The number of carbonyl (C=O) groups is 2. The highest BCUT2D eigenvalue weighted by atomic mass is 16.1. The summed E-state index contributed by atoms with van der Waals surface area (Å²) in [4.78, 5) is 22.3. The molecular weight excluding hydrogens is 270 g/mol. The quantitative estimate of drug-likeness (QED) is 0.824. The molecule has 2 aromatic rings. The Balaban J connectivity index is 2.51. The summed E-state index contributed by atoms with van der Waals surface area (Å²) in [5.41, 5.74) is 7.63. The molecule has 3 N–H and O–H groups in total. The fraction of sp³-hybridized carbons (Fsp3) is 0.143. The van der Waals surface area contributed by atoms with Gasteiger partial charge in [0.2, 0.25) is 5.91 Å². The van der Waals surface area contributed by atoms with Gasteiger partial charge in [0.05, 0.1) is 11.6 Å². The molecule has 1 aromatic heterocycles. The van der Waals surface area contributed by atoms with Gasteiger partial charge in [0.1, 0.15) is 18.1 Å². The SMILES string of the molecule is CC(=O)Nc1cccc(-c2nn(CC#N)c(N)c2C=O)c1. The largest absolute Gasteiger partial charge is 0.383 e. The molecule has 0 spiro atoms. The number of nitrogens with one attached hydrogen (secondary N) is 1. The minimum absolute atomic E-state index is 0.0436. The fourth-order valence-electron chi connectivity index (χ4n) is 1.95. The van der Waals surface area contributed by atoms with Crippen LogP contribution in [0.3, 0.4) is 0 Å². The van der Waals surface area contributed by atoms with Gasteiger partial charge in [0.15, 0.2) is 6.29 Å². The van der Waals surface area contributed by atoms with Gasteiger partial charge in [-0.1, -0.05) is 12.1 Å². The molecule has 0 aliphatic carbocycles. The van der Waals surface area contributed by atoms with Crippen molar-refractivity contribution in [2.45, 2.75) is 13.5 Å². The van der Waals surface area contributed by atoms with E-state index < -0.39 is 0 Å². The van der Waals surface area contributed by atoms with Crippen LogP contribution in [0.15, 0.2) is 24.3 Å². The number of nitrogen functional groups attached to an aromatic ring is 1. The average Bonchev–Trinajstić information content (AvgIpc) is 2.75. The number of nitriles is 1. The van der Waals surface area contributed by atoms with E-state index in [9.17, 15) is 9.59 Å². The van der Waals surface area contributed by atoms with Crippen LogP contribution in [0.2, 0.25) is 0 Å². The molecule has 2 rings (SSSR count). The fourth-order valence-corrected chi connectivity index (χ4v) is 1.95. The van der Waals surface area contributed by atoms with Crippen LogP contribution in [0.1, 0.15) is 17.3 Å². The van der Waals surface area contributed by atoms with E-state index in [-0.39, 0.29) is 23.8 Å². The molecule has 0 aliphatic rings. The van der Waals surface area contributed by atoms with Crippen molar-refractivity contribution in [3.63, 3.8) is 0 Å². The predicted octanol–water partition coefficient (Wildman–Crippen LogP) is 1.43. The van der Waals surface area contributed by atoms with Gasteiger partial charge < -0.3 is 11.1 Å². The first-order chi connectivity index (χ1) is 10.1. The molecule has 0 fully saturated rings. The zero-order valence-corrected chi connectivity index (χ0v) is 11.3. The van der Waals surface area contributed by atoms with Crippen LogP contribution in [-0.4, -0.2) is 22.0 Å². The molecule has 0 saturated carbocycles. The smallest absolute Gasteiger partial charge is 0.221 e. The number of aldehydes is 1. The van der Waals surface area contributed by atoms with E-state index in [2.05, 4.69) is 10.4 Å². The number of nitrogens with zero attached hydrogens (tertiary/aromatic N) is 3. The maximum absolute atomic E-state index is 11.2. The second-order valence-corrected chi connectivity index (χ2v) is 4.34. The Kier molecular flexibility index (Phi) is 4.00. The average molecular weight is 283 g/mol. The number of anilines is 2. The Labute approximate surface area is 121 Å². The second kappa shape index (κ2) is 5.88. The van der Waals surface area contributed by atoms with Crippen LogP contribution in [0, 0.1) is 11.3 Å². The van der Waals surface area contributed by atoms with Crippen molar-refractivity contribution >= 4 is 23.7 Å². The van der Waals surface area contributed by atoms with Crippen LogP contribution >= 0.6 is 0 Å². The summed E-state index contributed by atoms with van der Waals surface area (Å²) in [5, 5.41) is 15.6. The van der Waals surface area contributed by atoms with E-state index >= 15 is 0 Å². The molecule has 106 valence electrons. The van der Waals surface area contributed by atoms with Crippen LogP contribution in [0.4, 0.5) is 11.5 Å². The summed E-state index contributed by atoms with van der Waals surface area (Å²) in [7, 11) is 0. The van der Waals surface area contributed by atoms with Crippen molar-refractivity contribution in [3.05, 3.63) is 29.8 Å². The molecule has 0 unspecified atom stereocenters. The van der Waals surface area contributed by atoms with Crippen molar-refractivity contribution in [3.8, 4) is 17.3 Å². The highest BCUT2D eigenvalue weighted by Crippen LogP contribution is 2.27. The molecule has 7 nitrogen and oxygen atoms in total. The third-order valence-corrected chi connectivity index (χ3v) is 2.82. The predicted molar refractivity (Wildman–Crippen MR) is 77.4 cm³/mol. The zero-order chi connectivity index (χ0) is 15.4. The molecule has 1 aromatic carbocycles. The Hall–Kier alpha value is -3.14. The standard InChI is InChI=1S/C14H13N5O2/c1-9(21)17-11-4-2-3-10(7-11)13-12(8-20)14(16)19(18-13)6-5-15/h2-4,7-8H,6,16H2,1H3,(H,17,21). The highest BCUT2D eigenvalue weighted by Gasteiger charge is 2.16. The van der Waals surface area contributed by atoms with Crippen molar-refractivity contribution in [2.24, 2.45) is 0 Å². The Morgan fingerprint density at radius 3 is 2.95 bits per heavy atom. The third kappa shape index (κ3) is 2.90. The van der Waals surface area contributed by atoms with Gasteiger partial charge in [0, 0.05) is 18.2 Å².